The third-order valence-electron chi connectivity index (χ3n) is 3.15. The summed E-state index contributed by atoms with van der Waals surface area (Å²) in [4.78, 5) is 12.5. The van der Waals surface area contributed by atoms with Gasteiger partial charge in [0.15, 0.2) is 0 Å². The molecular formula is C12H15ClN2O3. The Hall–Kier alpha value is -1.17. The van der Waals surface area contributed by atoms with Crippen LogP contribution in [0.3, 0.4) is 0 Å². The molecule has 0 radical (unpaired) electrons. The molecule has 2 rings (SSSR count). The molecule has 1 N–H and O–H groups in total. The molecule has 98 valence electrons. The number of rotatable bonds is 3. The van der Waals surface area contributed by atoms with Crippen molar-refractivity contribution < 1.29 is 10.0 Å². The highest BCUT2D eigenvalue weighted by Crippen LogP contribution is 2.28. The third kappa shape index (κ3) is 2.98. The summed E-state index contributed by atoms with van der Waals surface area (Å²) in [5.41, 5.74) is 0.570. The van der Waals surface area contributed by atoms with E-state index in [0.717, 1.165) is 19.4 Å². The lowest BCUT2D eigenvalue weighted by molar-refractivity contribution is -0.385. The lowest BCUT2D eigenvalue weighted by Gasteiger charge is -2.30. The van der Waals surface area contributed by atoms with Crippen molar-refractivity contribution in [3.63, 3.8) is 0 Å². The van der Waals surface area contributed by atoms with Gasteiger partial charge in [-0.05, 0) is 25.5 Å². The van der Waals surface area contributed by atoms with Crippen molar-refractivity contribution >= 4 is 17.3 Å². The number of nitrogens with zero attached hydrogens (tertiary/aromatic N) is 2. The van der Waals surface area contributed by atoms with Gasteiger partial charge in [-0.25, -0.2) is 0 Å². The molecule has 1 aromatic carbocycles. The first kappa shape index (κ1) is 13.3. The second-order valence-electron chi connectivity index (χ2n) is 4.53. The van der Waals surface area contributed by atoms with Gasteiger partial charge in [0.05, 0.1) is 21.6 Å². The molecule has 0 spiro atoms. The minimum Gasteiger partial charge on any atom is -0.392 e. The van der Waals surface area contributed by atoms with E-state index in [-0.39, 0.29) is 11.8 Å². The molecule has 18 heavy (non-hydrogen) atoms. The van der Waals surface area contributed by atoms with Crippen molar-refractivity contribution in [1.82, 2.24) is 4.90 Å². The zero-order chi connectivity index (χ0) is 13.1. The molecule has 6 heteroatoms. The van der Waals surface area contributed by atoms with E-state index in [1.165, 1.54) is 6.07 Å². The first-order valence-electron chi connectivity index (χ1n) is 5.90. The van der Waals surface area contributed by atoms with Crippen molar-refractivity contribution in [2.75, 3.05) is 13.1 Å². The molecule has 0 bridgehead atoms. The molecule has 0 saturated carbocycles. The number of nitro benzene ring substituents is 1. The summed E-state index contributed by atoms with van der Waals surface area (Å²) in [5.74, 6) is 0. The maximum Gasteiger partial charge on any atom is 0.275 e. The molecule has 1 saturated heterocycles. The average molecular weight is 271 g/mol. The van der Waals surface area contributed by atoms with E-state index in [0.29, 0.717) is 23.7 Å². The summed E-state index contributed by atoms with van der Waals surface area (Å²) in [6.07, 6.45) is 1.35. The van der Waals surface area contributed by atoms with E-state index in [9.17, 15) is 15.2 Å². The number of likely N-dealkylation sites (tertiary alicyclic amines) is 1. The molecule has 0 aliphatic carbocycles. The molecular weight excluding hydrogens is 256 g/mol. The van der Waals surface area contributed by atoms with E-state index in [1.54, 1.807) is 12.1 Å². The van der Waals surface area contributed by atoms with Crippen LogP contribution in [0.5, 0.6) is 0 Å². The lowest BCUT2D eigenvalue weighted by Crippen LogP contribution is -2.37. The summed E-state index contributed by atoms with van der Waals surface area (Å²) in [6, 6.07) is 4.70. The normalized spacial score (nSPS) is 20.9. The summed E-state index contributed by atoms with van der Waals surface area (Å²) in [5, 5.41) is 21.0. The zero-order valence-electron chi connectivity index (χ0n) is 9.88. The van der Waals surface area contributed by atoms with Crippen LogP contribution in [0.25, 0.3) is 0 Å². The highest BCUT2D eigenvalue weighted by molar-refractivity contribution is 6.31. The Morgan fingerprint density at radius 2 is 2.33 bits per heavy atom. The first-order chi connectivity index (χ1) is 8.58. The predicted molar refractivity (Wildman–Crippen MR) is 68.6 cm³/mol. The van der Waals surface area contributed by atoms with Gasteiger partial charge >= 0.3 is 0 Å². The Bertz CT molecular complexity index is 453. The minimum atomic E-state index is -0.415. The van der Waals surface area contributed by atoms with E-state index >= 15 is 0 Å². The number of nitro groups is 1. The van der Waals surface area contributed by atoms with Crippen LogP contribution in [-0.2, 0) is 6.54 Å². The molecule has 1 aliphatic heterocycles. The van der Waals surface area contributed by atoms with Gasteiger partial charge in [-0.3, -0.25) is 15.0 Å². The maximum atomic E-state index is 11.0. The van der Waals surface area contributed by atoms with Gasteiger partial charge in [-0.2, -0.15) is 0 Å². The van der Waals surface area contributed by atoms with Crippen molar-refractivity contribution in [2.45, 2.75) is 25.5 Å². The van der Waals surface area contributed by atoms with Crippen LogP contribution < -0.4 is 0 Å². The van der Waals surface area contributed by atoms with Crippen LogP contribution in [0.1, 0.15) is 18.4 Å². The zero-order valence-corrected chi connectivity index (χ0v) is 10.6. The van der Waals surface area contributed by atoms with E-state index in [2.05, 4.69) is 0 Å². The maximum absolute atomic E-state index is 11.0. The first-order valence-corrected chi connectivity index (χ1v) is 6.28. The third-order valence-corrected chi connectivity index (χ3v) is 3.51. The van der Waals surface area contributed by atoms with E-state index in [4.69, 9.17) is 11.6 Å². The number of aliphatic hydroxyl groups excluding tert-OH is 1. The fraction of sp³-hybridized carbons (Fsp3) is 0.500. The Morgan fingerprint density at radius 3 is 3.00 bits per heavy atom. The average Bonchev–Trinajstić information content (AvgIpc) is 2.31. The Kier molecular flexibility index (Phi) is 4.16. The van der Waals surface area contributed by atoms with E-state index < -0.39 is 4.92 Å². The standard InChI is InChI=1S/C12H15ClN2O3/c13-11-4-1-5-12(15(17)18)10(11)8-14-6-2-3-9(16)7-14/h1,4-5,9,16H,2-3,6-8H2/t9-/m0/s1. The summed E-state index contributed by atoms with van der Waals surface area (Å²) >= 11 is 6.04. The monoisotopic (exact) mass is 270 g/mol. The fourth-order valence-corrected chi connectivity index (χ4v) is 2.50. The van der Waals surface area contributed by atoms with Gasteiger partial charge < -0.3 is 5.11 Å². The van der Waals surface area contributed by atoms with Crippen molar-refractivity contribution in [3.8, 4) is 0 Å². The Labute approximate surface area is 110 Å². The van der Waals surface area contributed by atoms with Crippen LogP contribution in [0, 0.1) is 10.1 Å². The van der Waals surface area contributed by atoms with Gasteiger partial charge in [-0.15, -0.1) is 0 Å². The van der Waals surface area contributed by atoms with Crippen LogP contribution in [0.2, 0.25) is 5.02 Å². The molecule has 0 aromatic heterocycles. The van der Waals surface area contributed by atoms with Gasteiger partial charge in [-0.1, -0.05) is 17.7 Å². The largest absolute Gasteiger partial charge is 0.392 e. The number of benzene rings is 1. The van der Waals surface area contributed by atoms with Gasteiger partial charge in [0, 0.05) is 19.2 Å². The molecule has 5 nitrogen and oxygen atoms in total. The molecule has 1 aromatic rings. The highest BCUT2D eigenvalue weighted by Gasteiger charge is 2.23. The number of aliphatic hydroxyl groups is 1. The Balaban J connectivity index is 2.20. The molecule has 0 amide bonds. The second-order valence-corrected chi connectivity index (χ2v) is 4.93. The van der Waals surface area contributed by atoms with Crippen molar-refractivity contribution in [2.24, 2.45) is 0 Å². The van der Waals surface area contributed by atoms with Gasteiger partial charge in [0.25, 0.3) is 5.69 Å². The smallest absolute Gasteiger partial charge is 0.275 e. The summed E-state index contributed by atoms with van der Waals surface area (Å²) < 4.78 is 0. The van der Waals surface area contributed by atoms with Crippen molar-refractivity contribution in [3.05, 3.63) is 38.9 Å². The lowest BCUT2D eigenvalue weighted by atomic mass is 10.1. The summed E-state index contributed by atoms with van der Waals surface area (Å²) in [6.45, 7) is 1.79. The SMILES string of the molecule is O=[N+]([O-])c1cccc(Cl)c1CN1CCC[C@H](O)C1. The molecule has 1 heterocycles. The van der Waals surface area contributed by atoms with Crippen LogP contribution in [0.15, 0.2) is 18.2 Å². The van der Waals surface area contributed by atoms with Gasteiger partial charge in [0.2, 0.25) is 0 Å². The number of halogens is 1. The van der Waals surface area contributed by atoms with Crippen molar-refractivity contribution in [1.29, 1.82) is 0 Å². The topological polar surface area (TPSA) is 66.6 Å². The minimum absolute atomic E-state index is 0.0440. The number of piperidine rings is 1. The number of β-amino-alcohol motifs (C(OH)–C–C–N with tert-alkyl or cyclic N) is 1. The van der Waals surface area contributed by atoms with Crippen LogP contribution in [-0.4, -0.2) is 34.1 Å². The second kappa shape index (κ2) is 5.65. The molecule has 1 fully saturated rings. The van der Waals surface area contributed by atoms with Crippen LogP contribution >= 0.6 is 11.6 Å². The molecule has 1 atom stereocenters. The quantitative estimate of drug-likeness (QED) is 0.675. The van der Waals surface area contributed by atoms with Gasteiger partial charge in [0.1, 0.15) is 0 Å². The number of hydrogen-bond acceptors (Lipinski definition) is 4. The molecule has 1 aliphatic rings. The highest BCUT2D eigenvalue weighted by atomic mass is 35.5. The number of hydrogen-bond donors (Lipinski definition) is 1. The Morgan fingerprint density at radius 1 is 1.56 bits per heavy atom. The fourth-order valence-electron chi connectivity index (χ4n) is 2.27. The molecule has 0 unspecified atom stereocenters. The summed E-state index contributed by atoms with van der Waals surface area (Å²) in [7, 11) is 0. The van der Waals surface area contributed by atoms with E-state index in [1.807, 2.05) is 4.90 Å². The predicted octanol–water partition coefficient (Wildman–Crippen LogP) is 2.20. The van der Waals surface area contributed by atoms with Crippen LogP contribution in [0.4, 0.5) is 5.69 Å².